The summed E-state index contributed by atoms with van der Waals surface area (Å²) in [6, 6.07) is 21.9. The quantitative estimate of drug-likeness (QED) is 0.244. The molecule has 0 spiro atoms. The lowest BCUT2D eigenvalue weighted by Crippen LogP contribution is -2.03. The molecule has 6 bridgehead atoms. The van der Waals surface area contributed by atoms with Gasteiger partial charge >= 0.3 is 0 Å². The summed E-state index contributed by atoms with van der Waals surface area (Å²) in [6.45, 7) is 2.04. The van der Waals surface area contributed by atoms with Gasteiger partial charge in [-0.25, -0.2) is 4.98 Å². The molecule has 0 saturated carbocycles. The van der Waals surface area contributed by atoms with E-state index in [1.165, 1.54) is 11.1 Å². The van der Waals surface area contributed by atoms with E-state index in [1.807, 2.05) is 49.1 Å². The Morgan fingerprint density at radius 1 is 0.941 bits per heavy atom. The van der Waals surface area contributed by atoms with E-state index in [-0.39, 0.29) is 0 Å². The van der Waals surface area contributed by atoms with Crippen LogP contribution in [0.5, 0.6) is 5.75 Å². The lowest BCUT2D eigenvalue weighted by Gasteiger charge is -2.20. The van der Waals surface area contributed by atoms with Gasteiger partial charge in [-0.05, 0) is 78.6 Å². The topological polar surface area (TPSA) is 71.1 Å². The lowest BCUT2D eigenvalue weighted by atomic mass is 10.0. The Morgan fingerprint density at radius 2 is 1.76 bits per heavy atom. The van der Waals surface area contributed by atoms with Crippen molar-refractivity contribution < 1.29 is 4.52 Å². The monoisotopic (exact) mass is 509 g/mol. The molecule has 1 aromatic heterocycles. The molecular formula is C25H22Cl2N5OP. The van der Waals surface area contributed by atoms with E-state index >= 15 is 0 Å². The number of benzene rings is 3. The molecule has 0 saturated heterocycles. The highest BCUT2D eigenvalue weighted by Gasteiger charge is 2.13. The molecule has 9 heteroatoms. The smallest absolute Gasteiger partial charge is 0.229 e. The number of hydrogen-bond acceptors (Lipinski definition) is 6. The van der Waals surface area contributed by atoms with Crippen molar-refractivity contribution >= 4 is 60.3 Å². The van der Waals surface area contributed by atoms with Gasteiger partial charge in [-0.2, -0.15) is 4.98 Å². The molecule has 1 atom stereocenters. The van der Waals surface area contributed by atoms with E-state index in [0.717, 1.165) is 35.7 Å². The molecule has 1 unspecified atom stereocenters. The van der Waals surface area contributed by atoms with Crippen molar-refractivity contribution in [3.63, 3.8) is 0 Å². The maximum absolute atomic E-state index is 6.37. The van der Waals surface area contributed by atoms with Crippen LogP contribution in [0.25, 0.3) is 0 Å². The van der Waals surface area contributed by atoms with Crippen LogP contribution in [0.1, 0.15) is 11.1 Å². The summed E-state index contributed by atoms with van der Waals surface area (Å²) in [6.07, 6.45) is 3.33. The second-order valence-electron chi connectivity index (χ2n) is 7.87. The maximum atomic E-state index is 6.37. The Labute approximate surface area is 209 Å². The number of anilines is 5. The highest BCUT2D eigenvalue weighted by atomic mass is 35.5. The Bertz CT molecular complexity index is 1320. The van der Waals surface area contributed by atoms with Gasteiger partial charge in [0, 0.05) is 28.7 Å². The highest BCUT2D eigenvalue weighted by Crippen LogP contribution is 2.38. The van der Waals surface area contributed by atoms with E-state index < -0.39 is 8.30 Å². The zero-order chi connectivity index (χ0) is 23.5. The molecule has 0 fully saturated rings. The number of aryl methyl sites for hydroxylation is 2. The molecule has 6 nitrogen and oxygen atoms in total. The fourth-order valence-electron chi connectivity index (χ4n) is 3.70. The molecule has 172 valence electrons. The van der Waals surface area contributed by atoms with Crippen molar-refractivity contribution in [2.45, 2.75) is 12.8 Å². The maximum Gasteiger partial charge on any atom is 0.229 e. The summed E-state index contributed by atoms with van der Waals surface area (Å²) < 4.78 is 6.09. The van der Waals surface area contributed by atoms with Gasteiger partial charge in [0.05, 0.1) is 6.20 Å². The summed E-state index contributed by atoms with van der Waals surface area (Å²) in [5, 5.41) is 11.3. The second kappa shape index (κ2) is 10.1. The number of fused-ring (bicyclic) bond motifs is 6. The van der Waals surface area contributed by atoms with Gasteiger partial charge < -0.3 is 20.2 Å². The van der Waals surface area contributed by atoms with E-state index in [9.17, 15) is 0 Å². The molecular weight excluding hydrogens is 488 g/mol. The van der Waals surface area contributed by atoms with E-state index in [0.29, 0.717) is 21.8 Å². The largest absolute Gasteiger partial charge is 0.454 e. The van der Waals surface area contributed by atoms with Crippen molar-refractivity contribution in [2.24, 2.45) is 0 Å². The number of nitrogens with zero attached hydrogens (tertiary/aromatic N) is 2. The summed E-state index contributed by atoms with van der Waals surface area (Å²) in [4.78, 5) is 8.87. The molecule has 0 amide bonds. The van der Waals surface area contributed by atoms with Crippen LogP contribution < -0.4 is 20.2 Å². The van der Waals surface area contributed by atoms with Crippen molar-refractivity contribution in [3.8, 4) is 5.75 Å². The van der Waals surface area contributed by atoms with E-state index in [1.54, 1.807) is 6.20 Å². The van der Waals surface area contributed by atoms with Gasteiger partial charge in [-0.3, -0.25) is 0 Å². The Kier molecular flexibility index (Phi) is 6.73. The van der Waals surface area contributed by atoms with Crippen molar-refractivity contribution in [2.75, 3.05) is 22.4 Å². The Morgan fingerprint density at radius 3 is 2.62 bits per heavy atom. The van der Waals surface area contributed by atoms with Crippen LogP contribution in [-0.4, -0.2) is 16.6 Å². The molecule has 4 aromatic rings. The normalized spacial score (nSPS) is 13.3. The fourth-order valence-corrected chi connectivity index (χ4v) is 5.00. The standard InChI is InChI=1S/C25H22Cl2N5OP/c1-34(33-21-10-7-18(26)8-11-21)32-23-12-9-20-14-17(23)6-5-16-3-2-4-19(13-16)30-25-28-15-22(27)24(29-20)31-25/h2-4,7-15,32H,5-6H2,1H3,(H2,28,29,30,31). The number of aromatic nitrogens is 2. The minimum Gasteiger partial charge on any atom is -0.454 e. The van der Waals surface area contributed by atoms with Crippen LogP contribution in [-0.2, 0) is 12.8 Å². The zero-order valence-electron chi connectivity index (χ0n) is 18.3. The zero-order valence-corrected chi connectivity index (χ0v) is 20.8. The van der Waals surface area contributed by atoms with Gasteiger partial charge in [-0.1, -0.05) is 35.3 Å². The molecule has 0 aliphatic carbocycles. The molecule has 2 heterocycles. The molecule has 3 aromatic carbocycles. The predicted octanol–water partition coefficient (Wildman–Crippen LogP) is 7.80. The van der Waals surface area contributed by atoms with Gasteiger partial charge in [0.1, 0.15) is 10.8 Å². The first-order valence-electron chi connectivity index (χ1n) is 10.7. The Hall–Kier alpha value is -3.05. The molecule has 5 rings (SSSR count). The first kappa shape index (κ1) is 22.7. The fraction of sp³-hybridized carbons (Fsp3) is 0.120. The predicted molar refractivity (Wildman–Crippen MR) is 142 cm³/mol. The Balaban J connectivity index is 1.45. The van der Waals surface area contributed by atoms with Gasteiger partial charge in [-0.15, -0.1) is 0 Å². The summed E-state index contributed by atoms with van der Waals surface area (Å²) in [5.74, 6) is 1.81. The third-order valence-corrected chi connectivity index (χ3v) is 6.88. The van der Waals surface area contributed by atoms with Crippen molar-refractivity contribution in [3.05, 3.63) is 94.1 Å². The van der Waals surface area contributed by atoms with Crippen LogP contribution in [0.3, 0.4) is 0 Å². The summed E-state index contributed by atoms with van der Waals surface area (Å²) >= 11 is 12.4. The third kappa shape index (κ3) is 5.53. The van der Waals surface area contributed by atoms with Crippen molar-refractivity contribution in [1.29, 1.82) is 0 Å². The molecule has 0 radical (unpaired) electrons. The van der Waals surface area contributed by atoms with Crippen LogP contribution in [0, 0.1) is 0 Å². The highest BCUT2D eigenvalue weighted by molar-refractivity contribution is 7.53. The number of hydrogen-bond donors (Lipinski definition) is 3. The van der Waals surface area contributed by atoms with Crippen LogP contribution in [0.2, 0.25) is 10.0 Å². The molecule has 1 aliphatic heterocycles. The lowest BCUT2D eigenvalue weighted by molar-refractivity contribution is 0.622. The SMILES string of the molecule is CP(Nc1ccc2cc1CCc1cccc(c1)Nc1ncc(Cl)c(n1)N2)Oc1ccc(Cl)cc1. The summed E-state index contributed by atoms with van der Waals surface area (Å²) in [7, 11) is -0.949. The van der Waals surface area contributed by atoms with Crippen LogP contribution >= 0.6 is 31.5 Å². The van der Waals surface area contributed by atoms with Crippen LogP contribution in [0.15, 0.2) is 72.9 Å². The second-order valence-corrected chi connectivity index (χ2v) is 10.1. The number of rotatable bonds is 4. The number of halogens is 2. The minimum absolute atomic E-state index is 0.450. The van der Waals surface area contributed by atoms with Gasteiger partial charge in [0.2, 0.25) is 5.95 Å². The van der Waals surface area contributed by atoms with E-state index in [2.05, 4.69) is 50.0 Å². The molecule has 34 heavy (non-hydrogen) atoms. The number of nitrogens with one attached hydrogen (secondary N) is 3. The van der Waals surface area contributed by atoms with Crippen molar-refractivity contribution in [1.82, 2.24) is 9.97 Å². The van der Waals surface area contributed by atoms with Crippen LogP contribution in [0.4, 0.5) is 28.8 Å². The third-order valence-electron chi connectivity index (χ3n) is 5.31. The first-order chi connectivity index (χ1) is 16.5. The van der Waals surface area contributed by atoms with Gasteiger partial charge in [0.15, 0.2) is 14.1 Å². The summed E-state index contributed by atoms with van der Waals surface area (Å²) in [5.41, 5.74) is 5.26. The molecule has 1 aliphatic rings. The van der Waals surface area contributed by atoms with E-state index in [4.69, 9.17) is 27.7 Å². The minimum atomic E-state index is -0.949. The average molecular weight is 510 g/mol. The van der Waals surface area contributed by atoms with Gasteiger partial charge in [0.25, 0.3) is 0 Å². The first-order valence-corrected chi connectivity index (χ1v) is 13.2. The average Bonchev–Trinajstić information content (AvgIpc) is 2.83. The molecule has 3 N–H and O–H groups in total.